The summed E-state index contributed by atoms with van der Waals surface area (Å²) in [6.45, 7) is 3.88. The Kier molecular flexibility index (Phi) is 8.17. The molecule has 0 aliphatic rings. The second-order valence-electron chi connectivity index (χ2n) is 7.81. The Balaban J connectivity index is 1.56. The number of aryl methyl sites for hydroxylation is 1. The van der Waals surface area contributed by atoms with Crippen molar-refractivity contribution in [2.24, 2.45) is 0 Å². The van der Waals surface area contributed by atoms with E-state index < -0.39 is 10.0 Å². The van der Waals surface area contributed by atoms with E-state index in [-0.39, 0.29) is 23.5 Å². The molecule has 1 unspecified atom stereocenters. The summed E-state index contributed by atoms with van der Waals surface area (Å²) in [5.41, 5.74) is 2.74. The van der Waals surface area contributed by atoms with Crippen molar-refractivity contribution in [3.05, 3.63) is 83.9 Å². The first-order chi connectivity index (χ1) is 16.2. The van der Waals surface area contributed by atoms with Gasteiger partial charge in [-0.05, 0) is 73.0 Å². The molecule has 0 aromatic heterocycles. The number of sulfonamides is 1. The van der Waals surface area contributed by atoms with Gasteiger partial charge in [-0.25, -0.2) is 8.42 Å². The van der Waals surface area contributed by atoms with Crippen LogP contribution in [0.3, 0.4) is 0 Å². The summed E-state index contributed by atoms with van der Waals surface area (Å²) in [5.74, 6) is 0.806. The van der Waals surface area contributed by atoms with Gasteiger partial charge in [0.15, 0.2) is 6.61 Å². The van der Waals surface area contributed by atoms with Crippen LogP contribution in [0.25, 0.3) is 0 Å². The molecule has 1 N–H and O–H groups in total. The van der Waals surface area contributed by atoms with Gasteiger partial charge in [0.1, 0.15) is 11.5 Å². The fourth-order valence-corrected chi connectivity index (χ4v) is 4.55. The molecule has 0 aliphatic heterocycles. The van der Waals surface area contributed by atoms with Gasteiger partial charge in [-0.1, -0.05) is 31.2 Å². The van der Waals surface area contributed by atoms with Crippen molar-refractivity contribution >= 4 is 21.6 Å². The Labute approximate surface area is 201 Å². The van der Waals surface area contributed by atoms with E-state index in [4.69, 9.17) is 9.47 Å². The molecule has 0 bridgehead atoms. The number of rotatable bonds is 10. The molecule has 8 heteroatoms. The Morgan fingerprint density at radius 3 is 2.09 bits per heavy atom. The van der Waals surface area contributed by atoms with Crippen LogP contribution in [0.15, 0.2) is 77.7 Å². The smallest absolute Gasteiger partial charge is 0.264 e. The molecule has 3 aromatic carbocycles. The van der Waals surface area contributed by atoms with Crippen molar-refractivity contribution in [1.82, 2.24) is 5.32 Å². The van der Waals surface area contributed by atoms with Crippen LogP contribution >= 0.6 is 0 Å². The highest BCUT2D eigenvalue weighted by Gasteiger charge is 2.21. The van der Waals surface area contributed by atoms with Gasteiger partial charge in [0, 0.05) is 7.05 Å². The Hall–Kier alpha value is -3.52. The zero-order valence-electron chi connectivity index (χ0n) is 19.8. The van der Waals surface area contributed by atoms with E-state index in [0.29, 0.717) is 17.2 Å². The number of benzene rings is 3. The lowest BCUT2D eigenvalue weighted by molar-refractivity contribution is -0.123. The molecule has 0 spiro atoms. The maximum atomic E-state index is 12.9. The summed E-state index contributed by atoms with van der Waals surface area (Å²) in [5, 5.41) is 2.92. The molecule has 34 heavy (non-hydrogen) atoms. The summed E-state index contributed by atoms with van der Waals surface area (Å²) in [7, 11) is -0.721. The van der Waals surface area contributed by atoms with Gasteiger partial charge in [0.05, 0.1) is 23.7 Å². The molecule has 0 fully saturated rings. The molecular weight excluding hydrogens is 452 g/mol. The fourth-order valence-electron chi connectivity index (χ4n) is 3.35. The van der Waals surface area contributed by atoms with Crippen LogP contribution in [0.1, 0.15) is 31.0 Å². The molecule has 180 valence electrons. The highest BCUT2D eigenvalue weighted by atomic mass is 32.2. The molecule has 1 amide bonds. The van der Waals surface area contributed by atoms with Crippen molar-refractivity contribution in [1.29, 1.82) is 0 Å². The highest BCUT2D eigenvalue weighted by Crippen LogP contribution is 2.25. The third-order valence-electron chi connectivity index (χ3n) is 5.55. The lowest BCUT2D eigenvalue weighted by Crippen LogP contribution is -2.31. The molecule has 0 radical (unpaired) electrons. The standard InChI is InChI=1S/C26H30N2O5S/c1-5-20-6-8-21(9-7-20)19(2)27-26(29)18-33-24-12-10-22(11-13-24)28(3)34(30,31)25-16-14-23(32-4)15-17-25/h6-17,19H,5,18H2,1-4H3,(H,27,29). The molecule has 3 aromatic rings. The number of ether oxygens (including phenoxy) is 2. The molecule has 0 saturated carbocycles. The minimum absolute atomic E-state index is 0.138. The van der Waals surface area contributed by atoms with Gasteiger partial charge in [0.2, 0.25) is 0 Å². The number of carbonyl (C=O) groups excluding carboxylic acids is 1. The van der Waals surface area contributed by atoms with Gasteiger partial charge in [-0.3, -0.25) is 9.10 Å². The molecule has 0 saturated heterocycles. The van der Waals surface area contributed by atoms with Crippen LogP contribution in [-0.2, 0) is 21.2 Å². The molecular formula is C26H30N2O5S. The lowest BCUT2D eigenvalue weighted by atomic mass is 10.1. The predicted octanol–water partition coefficient (Wildman–Crippen LogP) is 4.34. The van der Waals surface area contributed by atoms with Gasteiger partial charge in [-0.2, -0.15) is 0 Å². The van der Waals surface area contributed by atoms with Gasteiger partial charge >= 0.3 is 0 Å². The van der Waals surface area contributed by atoms with Crippen LogP contribution in [-0.4, -0.2) is 35.1 Å². The number of carbonyl (C=O) groups is 1. The van der Waals surface area contributed by atoms with Crippen molar-refractivity contribution < 1.29 is 22.7 Å². The Morgan fingerprint density at radius 2 is 1.53 bits per heavy atom. The first-order valence-electron chi connectivity index (χ1n) is 11.0. The highest BCUT2D eigenvalue weighted by molar-refractivity contribution is 7.92. The normalized spacial score (nSPS) is 12.0. The number of nitrogens with one attached hydrogen (secondary N) is 1. The predicted molar refractivity (Wildman–Crippen MR) is 133 cm³/mol. The summed E-state index contributed by atoms with van der Waals surface area (Å²) in [6.07, 6.45) is 0.969. The van der Waals surface area contributed by atoms with Gasteiger partial charge in [-0.15, -0.1) is 0 Å². The Morgan fingerprint density at radius 1 is 0.941 bits per heavy atom. The number of hydrogen-bond donors (Lipinski definition) is 1. The average molecular weight is 483 g/mol. The second-order valence-corrected chi connectivity index (χ2v) is 9.78. The zero-order valence-corrected chi connectivity index (χ0v) is 20.6. The SMILES string of the molecule is CCc1ccc(C(C)NC(=O)COc2ccc(N(C)S(=O)(=O)c3ccc(OC)cc3)cc2)cc1. The van der Waals surface area contributed by atoms with E-state index in [1.165, 1.54) is 36.2 Å². The maximum absolute atomic E-state index is 12.9. The van der Waals surface area contributed by atoms with E-state index in [0.717, 1.165) is 12.0 Å². The number of hydrogen-bond acceptors (Lipinski definition) is 5. The zero-order chi connectivity index (χ0) is 24.7. The Bertz CT molecular complexity index is 1190. The fraction of sp³-hybridized carbons (Fsp3) is 0.269. The van der Waals surface area contributed by atoms with Crippen molar-refractivity contribution in [3.8, 4) is 11.5 Å². The van der Waals surface area contributed by atoms with Crippen molar-refractivity contribution in [3.63, 3.8) is 0 Å². The van der Waals surface area contributed by atoms with E-state index in [1.807, 2.05) is 19.1 Å². The number of amides is 1. The number of anilines is 1. The first kappa shape index (κ1) is 25.1. The maximum Gasteiger partial charge on any atom is 0.264 e. The van der Waals surface area contributed by atoms with E-state index >= 15 is 0 Å². The molecule has 1 atom stereocenters. The summed E-state index contributed by atoms with van der Waals surface area (Å²) >= 11 is 0. The largest absolute Gasteiger partial charge is 0.497 e. The number of nitrogens with zero attached hydrogens (tertiary/aromatic N) is 1. The summed E-state index contributed by atoms with van der Waals surface area (Å²) in [4.78, 5) is 12.5. The van der Waals surface area contributed by atoms with Crippen LogP contribution in [0.5, 0.6) is 11.5 Å². The van der Waals surface area contributed by atoms with Crippen LogP contribution in [0, 0.1) is 0 Å². The van der Waals surface area contributed by atoms with Crippen LogP contribution < -0.4 is 19.1 Å². The second kappa shape index (κ2) is 11.1. The third-order valence-corrected chi connectivity index (χ3v) is 7.35. The van der Waals surface area contributed by atoms with E-state index in [2.05, 4.69) is 24.4 Å². The number of methoxy groups -OCH3 is 1. The van der Waals surface area contributed by atoms with Crippen LogP contribution in [0.4, 0.5) is 5.69 Å². The van der Waals surface area contributed by atoms with E-state index in [1.54, 1.807) is 36.4 Å². The molecule has 3 rings (SSSR count). The van der Waals surface area contributed by atoms with E-state index in [9.17, 15) is 13.2 Å². The van der Waals surface area contributed by atoms with Crippen LogP contribution in [0.2, 0.25) is 0 Å². The van der Waals surface area contributed by atoms with Gasteiger partial charge < -0.3 is 14.8 Å². The lowest BCUT2D eigenvalue weighted by Gasteiger charge is -2.20. The minimum atomic E-state index is -3.73. The van der Waals surface area contributed by atoms with Gasteiger partial charge in [0.25, 0.3) is 15.9 Å². The monoisotopic (exact) mass is 482 g/mol. The molecule has 0 aliphatic carbocycles. The quantitative estimate of drug-likeness (QED) is 0.465. The third kappa shape index (κ3) is 6.08. The van der Waals surface area contributed by atoms with Crippen molar-refractivity contribution in [2.75, 3.05) is 25.1 Å². The molecule has 0 heterocycles. The topological polar surface area (TPSA) is 84.9 Å². The minimum Gasteiger partial charge on any atom is -0.497 e. The molecule has 7 nitrogen and oxygen atoms in total. The summed E-state index contributed by atoms with van der Waals surface area (Å²) in [6, 6.07) is 20.7. The first-order valence-corrected chi connectivity index (χ1v) is 12.4. The average Bonchev–Trinajstić information content (AvgIpc) is 2.87. The van der Waals surface area contributed by atoms with Crippen molar-refractivity contribution in [2.45, 2.75) is 31.2 Å². The summed E-state index contributed by atoms with van der Waals surface area (Å²) < 4.78 is 37.6.